The van der Waals surface area contributed by atoms with Gasteiger partial charge in [-0.1, -0.05) is 36.0 Å². The number of thioether (sulfide) groups is 1. The minimum Gasteiger partial charge on any atom is -0.497 e. The van der Waals surface area contributed by atoms with Gasteiger partial charge in [0.05, 0.1) is 12.0 Å². The van der Waals surface area contributed by atoms with Gasteiger partial charge >= 0.3 is 0 Å². The van der Waals surface area contributed by atoms with E-state index in [1.54, 1.807) is 55.6 Å². The molecule has 0 unspecified atom stereocenters. The Morgan fingerprint density at radius 2 is 1.54 bits per heavy atom. The van der Waals surface area contributed by atoms with E-state index in [4.69, 9.17) is 4.74 Å². The summed E-state index contributed by atoms with van der Waals surface area (Å²) < 4.78 is 5.14. The first kappa shape index (κ1) is 17.9. The third kappa shape index (κ3) is 3.15. The number of carbonyl (C=O) groups excluding carboxylic acids is 3. The van der Waals surface area contributed by atoms with Crippen molar-refractivity contribution < 1.29 is 19.1 Å². The van der Waals surface area contributed by atoms with Gasteiger partial charge in [0, 0.05) is 30.0 Å². The number of likely N-dealkylation sites (N-methyl/N-ethyl adjacent to an activating group) is 1. The Labute approximate surface area is 155 Å². The lowest BCUT2D eigenvalue weighted by molar-refractivity contribution is -0.125. The topological polar surface area (TPSA) is 63.7 Å². The molecule has 132 valence electrons. The minimum atomic E-state index is -0.325. The van der Waals surface area contributed by atoms with E-state index < -0.39 is 0 Å². The van der Waals surface area contributed by atoms with E-state index in [0.717, 1.165) is 4.90 Å². The lowest BCUT2D eigenvalue weighted by atomic mass is 9.92. The van der Waals surface area contributed by atoms with E-state index in [9.17, 15) is 14.4 Å². The zero-order valence-electron chi connectivity index (χ0n) is 14.6. The maximum Gasteiger partial charge on any atom is 0.223 e. The number of allylic oxidation sites excluding steroid dienone is 2. The molecular weight excluding hydrogens is 350 g/mol. The summed E-state index contributed by atoms with van der Waals surface area (Å²) >= 11 is 1.17. The molecule has 1 amide bonds. The molecule has 0 spiro atoms. The zero-order valence-corrected chi connectivity index (χ0v) is 15.4. The summed E-state index contributed by atoms with van der Waals surface area (Å²) in [7, 11) is 3.08. The molecule has 0 heterocycles. The number of carbonyl (C=O) groups is 3. The van der Waals surface area contributed by atoms with Crippen molar-refractivity contribution in [2.75, 3.05) is 14.2 Å². The molecule has 0 saturated carbocycles. The van der Waals surface area contributed by atoms with Crippen LogP contribution in [0.4, 0.5) is 0 Å². The van der Waals surface area contributed by atoms with Gasteiger partial charge in [-0.25, -0.2) is 0 Å². The van der Waals surface area contributed by atoms with Gasteiger partial charge in [0.25, 0.3) is 0 Å². The van der Waals surface area contributed by atoms with Crippen LogP contribution in [0, 0.1) is 0 Å². The van der Waals surface area contributed by atoms with Crippen molar-refractivity contribution in [3.05, 3.63) is 70.3 Å². The number of ketones is 2. The first-order valence-corrected chi connectivity index (χ1v) is 8.74. The Kier molecular flexibility index (Phi) is 4.95. The molecule has 0 fully saturated rings. The number of hydrogen-bond donors (Lipinski definition) is 0. The van der Waals surface area contributed by atoms with Crippen LogP contribution >= 0.6 is 11.8 Å². The highest BCUT2D eigenvalue weighted by atomic mass is 32.2. The summed E-state index contributed by atoms with van der Waals surface area (Å²) in [5.74, 6) is -0.202. The van der Waals surface area contributed by atoms with Crippen LogP contribution in [0.5, 0.6) is 5.75 Å². The monoisotopic (exact) mass is 367 g/mol. The van der Waals surface area contributed by atoms with Crippen LogP contribution in [0.2, 0.25) is 0 Å². The number of rotatable bonds is 4. The fraction of sp³-hybridized carbons (Fsp3) is 0.150. The maximum absolute atomic E-state index is 13.0. The molecule has 1 aliphatic carbocycles. The van der Waals surface area contributed by atoms with Crippen molar-refractivity contribution in [1.29, 1.82) is 0 Å². The summed E-state index contributed by atoms with van der Waals surface area (Å²) in [5.41, 5.74) is 0.788. The Balaban J connectivity index is 2.11. The van der Waals surface area contributed by atoms with E-state index in [0.29, 0.717) is 16.9 Å². The van der Waals surface area contributed by atoms with Crippen LogP contribution in [0.15, 0.2) is 64.0 Å². The van der Waals surface area contributed by atoms with E-state index in [2.05, 4.69) is 0 Å². The molecule has 5 nitrogen and oxygen atoms in total. The van der Waals surface area contributed by atoms with Crippen molar-refractivity contribution >= 4 is 29.2 Å². The number of benzene rings is 2. The molecule has 0 aromatic heterocycles. The molecule has 26 heavy (non-hydrogen) atoms. The van der Waals surface area contributed by atoms with Crippen LogP contribution in [-0.4, -0.2) is 36.5 Å². The highest BCUT2D eigenvalue weighted by molar-refractivity contribution is 8.04. The van der Waals surface area contributed by atoms with Gasteiger partial charge < -0.3 is 9.64 Å². The van der Waals surface area contributed by atoms with Crippen molar-refractivity contribution in [3.8, 4) is 5.75 Å². The van der Waals surface area contributed by atoms with Gasteiger partial charge in [0.1, 0.15) is 11.4 Å². The summed E-state index contributed by atoms with van der Waals surface area (Å²) in [6.45, 7) is 1.36. The normalized spacial score (nSPS) is 13.5. The standard InChI is InChI=1S/C20H17NO4S/c1-12(22)21(2)17-18(23)15-6-4-5-7-16(15)19(24)20(17)26-14-10-8-13(25-3)9-11-14/h4-11H,1-3H3. The van der Waals surface area contributed by atoms with Crippen molar-refractivity contribution in [2.45, 2.75) is 11.8 Å². The van der Waals surface area contributed by atoms with Gasteiger partial charge in [-0.15, -0.1) is 0 Å². The first-order valence-electron chi connectivity index (χ1n) is 7.93. The Bertz CT molecular complexity index is 931. The number of methoxy groups -OCH3 is 1. The lowest BCUT2D eigenvalue weighted by Gasteiger charge is -2.26. The molecule has 0 saturated heterocycles. The predicted octanol–water partition coefficient (Wildman–Crippen LogP) is 3.56. The summed E-state index contributed by atoms with van der Waals surface area (Å²) in [6.07, 6.45) is 0. The number of hydrogen-bond acceptors (Lipinski definition) is 5. The number of ether oxygens (including phenoxy) is 1. The average Bonchev–Trinajstić information content (AvgIpc) is 2.66. The van der Waals surface area contributed by atoms with Crippen LogP contribution in [0.1, 0.15) is 27.6 Å². The van der Waals surface area contributed by atoms with Gasteiger partial charge in [-0.3, -0.25) is 14.4 Å². The molecule has 6 heteroatoms. The minimum absolute atomic E-state index is 0.113. The second-order valence-corrected chi connectivity index (χ2v) is 6.82. The molecule has 2 aromatic rings. The van der Waals surface area contributed by atoms with Crippen LogP contribution in [-0.2, 0) is 4.79 Å². The van der Waals surface area contributed by atoms with Gasteiger partial charge in [-0.2, -0.15) is 0 Å². The number of fused-ring (bicyclic) bond motifs is 1. The highest BCUT2D eigenvalue weighted by Crippen LogP contribution is 2.38. The molecule has 0 aliphatic heterocycles. The van der Waals surface area contributed by atoms with Crippen LogP contribution in [0.3, 0.4) is 0 Å². The van der Waals surface area contributed by atoms with Crippen molar-refractivity contribution in [3.63, 3.8) is 0 Å². The molecule has 0 bridgehead atoms. The second kappa shape index (κ2) is 7.17. The predicted molar refractivity (Wildman–Crippen MR) is 99.4 cm³/mol. The van der Waals surface area contributed by atoms with Crippen molar-refractivity contribution in [2.24, 2.45) is 0 Å². The van der Waals surface area contributed by atoms with Gasteiger partial charge in [0.15, 0.2) is 0 Å². The second-order valence-electron chi connectivity index (χ2n) is 5.74. The van der Waals surface area contributed by atoms with Gasteiger partial charge in [-0.05, 0) is 24.3 Å². The summed E-state index contributed by atoms with van der Waals surface area (Å²) in [6, 6.07) is 13.8. The van der Waals surface area contributed by atoms with Gasteiger partial charge in [0.2, 0.25) is 17.5 Å². The molecule has 0 atom stereocenters. The fourth-order valence-electron chi connectivity index (χ4n) is 2.66. The summed E-state index contributed by atoms with van der Waals surface area (Å²) in [5, 5.41) is 0. The number of amides is 1. The quantitative estimate of drug-likeness (QED) is 0.827. The Morgan fingerprint density at radius 3 is 2.08 bits per heavy atom. The fourth-order valence-corrected chi connectivity index (χ4v) is 3.69. The van der Waals surface area contributed by atoms with Crippen LogP contribution < -0.4 is 4.74 Å². The highest BCUT2D eigenvalue weighted by Gasteiger charge is 2.35. The molecule has 3 rings (SSSR count). The van der Waals surface area contributed by atoms with E-state index in [1.165, 1.54) is 30.6 Å². The number of Topliss-reactive ketones (excluding diaryl/α,β-unsaturated/α-hetero) is 2. The zero-order chi connectivity index (χ0) is 18.8. The summed E-state index contributed by atoms with van der Waals surface area (Å²) in [4.78, 5) is 40.2. The molecule has 1 aliphatic rings. The molecular formula is C20H17NO4S. The Morgan fingerprint density at radius 1 is 0.962 bits per heavy atom. The largest absolute Gasteiger partial charge is 0.497 e. The third-order valence-electron chi connectivity index (χ3n) is 4.14. The molecule has 0 N–H and O–H groups in total. The third-order valence-corrected chi connectivity index (χ3v) is 5.23. The Hall–Kier alpha value is -2.86. The van der Waals surface area contributed by atoms with E-state index in [1.807, 2.05) is 0 Å². The maximum atomic E-state index is 13.0. The lowest BCUT2D eigenvalue weighted by Crippen LogP contribution is -2.33. The van der Waals surface area contributed by atoms with Crippen molar-refractivity contribution in [1.82, 2.24) is 4.90 Å². The van der Waals surface area contributed by atoms with E-state index in [-0.39, 0.29) is 28.1 Å². The first-order chi connectivity index (χ1) is 12.4. The number of nitrogens with zero attached hydrogens (tertiary/aromatic N) is 1. The smallest absolute Gasteiger partial charge is 0.223 e. The molecule has 0 radical (unpaired) electrons. The SMILES string of the molecule is COc1ccc(SC2=C(N(C)C(C)=O)C(=O)c3ccccc3C2=O)cc1. The molecule has 2 aromatic carbocycles. The van der Waals surface area contributed by atoms with E-state index >= 15 is 0 Å². The average molecular weight is 367 g/mol. The van der Waals surface area contributed by atoms with Crippen LogP contribution in [0.25, 0.3) is 0 Å².